The SMILES string of the molecule is CCN(Cc1ccccn1)c1cc(C(N)=O)c(N)cn1. The fourth-order valence-corrected chi connectivity index (χ4v) is 1.88. The first kappa shape index (κ1) is 13.8. The van der Waals surface area contributed by atoms with E-state index in [-0.39, 0.29) is 11.3 Å². The minimum atomic E-state index is -0.556. The van der Waals surface area contributed by atoms with Crippen LogP contribution in [0.4, 0.5) is 11.5 Å². The van der Waals surface area contributed by atoms with Crippen LogP contribution in [0.5, 0.6) is 0 Å². The molecular formula is C14H17N5O. The maximum Gasteiger partial charge on any atom is 0.250 e. The highest BCUT2D eigenvalue weighted by Crippen LogP contribution is 2.19. The molecule has 0 aliphatic rings. The number of carbonyl (C=O) groups is 1. The molecule has 2 aromatic rings. The molecule has 2 aromatic heterocycles. The van der Waals surface area contributed by atoms with E-state index in [9.17, 15) is 4.79 Å². The van der Waals surface area contributed by atoms with Gasteiger partial charge in [0.25, 0.3) is 5.91 Å². The van der Waals surface area contributed by atoms with Gasteiger partial charge in [0, 0.05) is 12.7 Å². The number of hydrogen-bond donors (Lipinski definition) is 2. The number of nitrogen functional groups attached to an aromatic ring is 1. The summed E-state index contributed by atoms with van der Waals surface area (Å²) < 4.78 is 0. The van der Waals surface area contributed by atoms with E-state index in [1.807, 2.05) is 30.0 Å². The quantitative estimate of drug-likeness (QED) is 0.851. The lowest BCUT2D eigenvalue weighted by atomic mass is 10.2. The first-order chi connectivity index (χ1) is 9.61. The fraction of sp³-hybridized carbons (Fsp3) is 0.214. The molecule has 0 atom stereocenters. The summed E-state index contributed by atoms with van der Waals surface area (Å²) in [6.07, 6.45) is 3.20. The normalized spacial score (nSPS) is 10.2. The van der Waals surface area contributed by atoms with Gasteiger partial charge < -0.3 is 16.4 Å². The average Bonchev–Trinajstić information content (AvgIpc) is 2.46. The van der Waals surface area contributed by atoms with E-state index in [1.165, 1.54) is 6.20 Å². The lowest BCUT2D eigenvalue weighted by Gasteiger charge is -2.22. The predicted molar refractivity (Wildman–Crippen MR) is 78.1 cm³/mol. The van der Waals surface area contributed by atoms with Gasteiger partial charge in [0.05, 0.1) is 29.7 Å². The maximum absolute atomic E-state index is 11.3. The highest BCUT2D eigenvalue weighted by molar-refractivity contribution is 5.98. The standard InChI is InChI=1S/C14H17N5O/c1-2-19(9-10-5-3-4-6-17-10)13-7-11(14(16)20)12(15)8-18-13/h3-8H,2,9,15H2,1H3,(H2,16,20). The van der Waals surface area contributed by atoms with Crippen LogP contribution in [-0.2, 0) is 6.54 Å². The lowest BCUT2D eigenvalue weighted by molar-refractivity contribution is 0.100. The summed E-state index contributed by atoms with van der Waals surface area (Å²) in [6, 6.07) is 7.35. The molecule has 20 heavy (non-hydrogen) atoms. The number of pyridine rings is 2. The Bertz CT molecular complexity index is 600. The van der Waals surface area contributed by atoms with Crippen molar-refractivity contribution in [3.63, 3.8) is 0 Å². The predicted octanol–water partition coefficient (Wildman–Crippen LogP) is 1.18. The Morgan fingerprint density at radius 1 is 1.35 bits per heavy atom. The first-order valence-electron chi connectivity index (χ1n) is 6.32. The van der Waals surface area contributed by atoms with Gasteiger partial charge in [-0.3, -0.25) is 9.78 Å². The van der Waals surface area contributed by atoms with Gasteiger partial charge in [-0.25, -0.2) is 4.98 Å². The van der Waals surface area contributed by atoms with Crippen LogP contribution in [0.2, 0.25) is 0 Å². The van der Waals surface area contributed by atoms with Gasteiger partial charge in [-0.15, -0.1) is 0 Å². The second kappa shape index (κ2) is 6.01. The van der Waals surface area contributed by atoms with Crippen molar-refractivity contribution in [1.29, 1.82) is 0 Å². The maximum atomic E-state index is 11.3. The van der Waals surface area contributed by atoms with Crippen molar-refractivity contribution < 1.29 is 4.79 Å². The Hall–Kier alpha value is -2.63. The summed E-state index contributed by atoms with van der Waals surface area (Å²) in [5, 5.41) is 0. The van der Waals surface area contributed by atoms with Crippen molar-refractivity contribution in [1.82, 2.24) is 9.97 Å². The second-order valence-electron chi connectivity index (χ2n) is 4.33. The third-order valence-electron chi connectivity index (χ3n) is 2.97. The Morgan fingerprint density at radius 3 is 2.75 bits per heavy atom. The largest absolute Gasteiger partial charge is 0.397 e. The van der Waals surface area contributed by atoms with Gasteiger partial charge in [-0.2, -0.15) is 0 Å². The molecule has 104 valence electrons. The summed E-state index contributed by atoms with van der Waals surface area (Å²) in [4.78, 5) is 21.9. The molecule has 6 nitrogen and oxygen atoms in total. The van der Waals surface area contributed by atoms with E-state index < -0.39 is 5.91 Å². The number of anilines is 2. The van der Waals surface area contributed by atoms with Crippen molar-refractivity contribution in [2.45, 2.75) is 13.5 Å². The smallest absolute Gasteiger partial charge is 0.250 e. The Labute approximate surface area is 117 Å². The summed E-state index contributed by atoms with van der Waals surface area (Å²) in [5.41, 5.74) is 12.5. The summed E-state index contributed by atoms with van der Waals surface area (Å²) in [5.74, 6) is 0.0983. The molecule has 0 fully saturated rings. The van der Waals surface area contributed by atoms with Crippen LogP contribution in [-0.4, -0.2) is 22.4 Å². The van der Waals surface area contributed by atoms with Crippen molar-refractivity contribution >= 4 is 17.4 Å². The molecule has 0 saturated heterocycles. The van der Waals surface area contributed by atoms with Gasteiger partial charge in [0.15, 0.2) is 0 Å². The van der Waals surface area contributed by atoms with E-state index in [4.69, 9.17) is 11.5 Å². The van der Waals surface area contributed by atoms with Crippen LogP contribution in [0.1, 0.15) is 23.0 Å². The zero-order valence-electron chi connectivity index (χ0n) is 11.3. The third kappa shape index (κ3) is 3.03. The van der Waals surface area contributed by atoms with Gasteiger partial charge >= 0.3 is 0 Å². The van der Waals surface area contributed by atoms with Crippen LogP contribution < -0.4 is 16.4 Å². The molecule has 0 bridgehead atoms. The molecule has 0 radical (unpaired) electrons. The highest BCUT2D eigenvalue weighted by atomic mass is 16.1. The van der Waals surface area contributed by atoms with E-state index >= 15 is 0 Å². The number of nitrogens with zero attached hydrogens (tertiary/aromatic N) is 3. The number of carbonyl (C=O) groups excluding carboxylic acids is 1. The number of primary amides is 1. The molecular weight excluding hydrogens is 254 g/mol. The number of amides is 1. The summed E-state index contributed by atoms with van der Waals surface area (Å²) >= 11 is 0. The van der Waals surface area contributed by atoms with Gasteiger partial charge in [-0.1, -0.05) is 6.07 Å². The number of aromatic nitrogens is 2. The van der Waals surface area contributed by atoms with Crippen molar-refractivity contribution in [3.8, 4) is 0 Å². The molecule has 0 aliphatic carbocycles. The molecule has 0 aliphatic heterocycles. The average molecular weight is 271 g/mol. The highest BCUT2D eigenvalue weighted by Gasteiger charge is 2.12. The number of hydrogen-bond acceptors (Lipinski definition) is 5. The van der Waals surface area contributed by atoms with Crippen LogP contribution in [0.15, 0.2) is 36.7 Å². The lowest BCUT2D eigenvalue weighted by Crippen LogP contribution is -2.24. The van der Waals surface area contributed by atoms with Crippen LogP contribution in [0, 0.1) is 0 Å². The van der Waals surface area contributed by atoms with E-state index in [0.29, 0.717) is 12.4 Å². The van der Waals surface area contributed by atoms with Crippen LogP contribution in [0.3, 0.4) is 0 Å². The third-order valence-corrected chi connectivity index (χ3v) is 2.97. The van der Waals surface area contributed by atoms with Gasteiger partial charge in [0.2, 0.25) is 0 Å². The van der Waals surface area contributed by atoms with Gasteiger partial charge in [-0.05, 0) is 25.1 Å². The second-order valence-corrected chi connectivity index (χ2v) is 4.33. The van der Waals surface area contributed by atoms with Gasteiger partial charge in [0.1, 0.15) is 5.82 Å². The Balaban J connectivity index is 2.28. The van der Waals surface area contributed by atoms with Crippen LogP contribution >= 0.6 is 0 Å². The van der Waals surface area contributed by atoms with E-state index in [1.54, 1.807) is 12.3 Å². The minimum absolute atomic E-state index is 0.287. The topological polar surface area (TPSA) is 98.1 Å². The van der Waals surface area contributed by atoms with Crippen LogP contribution in [0.25, 0.3) is 0 Å². The molecule has 4 N–H and O–H groups in total. The number of nitrogens with two attached hydrogens (primary N) is 2. The summed E-state index contributed by atoms with van der Waals surface area (Å²) in [6.45, 7) is 3.34. The molecule has 6 heteroatoms. The monoisotopic (exact) mass is 271 g/mol. The molecule has 0 saturated carbocycles. The first-order valence-corrected chi connectivity index (χ1v) is 6.32. The molecule has 2 rings (SSSR count). The Kier molecular flexibility index (Phi) is 4.14. The van der Waals surface area contributed by atoms with E-state index in [2.05, 4.69) is 9.97 Å². The van der Waals surface area contributed by atoms with Crippen molar-refractivity contribution in [2.24, 2.45) is 5.73 Å². The minimum Gasteiger partial charge on any atom is -0.397 e. The fourth-order valence-electron chi connectivity index (χ4n) is 1.88. The zero-order chi connectivity index (χ0) is 14.5. The molecule has 0 spiro atoms. The summed E-state index contributed by atoms with van der Waals surface area (Å²) in [7, 11) is 0. The molecule has 2 heterocycles. The number of rotatable bonds is 5. The van der Waals surface area contributed by atoms with Crippen molar-refractivity contribution in [3.05, 3.63) is 47.9 Å². The zero-order valence-corrected chi connectivity index (χ0v) is 11.3. The Morgan fingerprint density at radius 2 is 2.15 bits per heavy atom. The molecule has 0 unspecified atom stereocenters. The van der Waals surface area contributed by atoms with E-state index in [0.717, 1.165) is 12.2 Å². The molecule has 0 aromatic carbocycles. The van der Waals surface area contributed by atoms with Crippen molar-refractivity contribution in [2.75, 3.05) is 17.2 Å². The molecule has 1 amide bonds.